The predicted octanol–water partition coefficient (Wildman–Crippen LogP) is 1.94. The van der Waals surface area contributed by atoms with Gasteiger partial charge in [-0.2, -0.15) is 0 Å². The van der Waals surface area contributed by atoms with Crippen molar-refractivity contribution >= 4 is 21.6 Å². The molecule has 1 atom stereocenters. The number of halogens is 1. The highest BCUT2D eigenvalue weighted by Crippen LogP contribution is 2.34. The van der Waals surface area contributed by atoms with E-state index in [2.05, 4.69) is 5.32 Å². The molecule has 162 valence electrons. The number of nitrogens with zero attached hydrogens (tertiary/aromatic N) is 1. The van der Waals surface area contributed by atoms with Gasteiger partial charge in [0.1, 0.15) is 25.6 Å². The van der Waals surface area contributed by atoms with E-state index < -0.39 is 28.3 Å². The Hall–Kier alpha value is -2.85. The van der Waals surface area contributed by atoms with E-state index in [1.807, 2.05) is 0 Å². The zero-order valence-corrected chi connectivity index (χ0v) is 17.4. The molecule has 10 heteroatoms. The molecule has 0 saturated heterocycles. The highest BCUT2D eigenvalue weighted by atomic mass is 32.2. The van der Waals surface area contributed by atoms with E-state index in [4.69, 9.17) is 14.2 Å². The minimum atomic E-state index is -4.16. The number of anilines is 1. The van der Waals surface area contributed by atoms with Gasteiger partial charge in [0.15, 0.2) is 11.5 Å². The van der Waals surface area contributed by atoms with Gasteiger partial charge in [-0.1, -0.05) is 0 Å². The molecule has 0 saturated carbocycles. The number of ether oxygens (including phenoxy) is 3. The first-order chi connectivity index (χ1) is 14.3. The lowest BCUT2D eigenvalue weighted by Gasteiger charge is -2.26. The predicted molar refractivity (Wildman–Crippen MR) is 108 cm³/mol. The fourth-order valence-corrected chi connectivity index (χ4v) is 4.41. The van der Waals surface area contributed by atoms with Crippen LogP contribution in [0.3, 0.4) is 0 Å². The van der Waals surface area contributed by atoms with Gasteiger partial charge < -0.3 is 19.5 Å². The molecule has 8 nitrogen and oxygen atoms in total. The summed E-state index contributed by atoms with van der Waals surface area (Å²) in [5.74, 6) is -0.294. The van der Waals surface area contributed by atoms with Gasteiger partial charge >= 0.3 is 0 Å². The van der Waals surface area contributed by atoms with E-state index in [0.29, 0.717) is 24.7 Å². The molecular formula is C20H23FN2O6S. The van der Waals surface area contributed by atoms with Gasteiger partial charge in [0.05, 0.1) is 17.2 Å². The quantitative estimate of drug-likeness (QED) is 0.677. The van der Waals surface area contributed by atoms with Gasteiger partial charge in [0.2, 0.25) is 5.91 Å². The third-order valence-corrected chi connectivity index (χ3v) is 6.10. The molecule has 0 aromatic heterocycles. The molecule has 3 rings (SSSR count). The number of carbonyl (C=O) groups is 1. The van der Waals surface area contributed by atoms with Crippen LogP contribution in [0, 0.1) is 5.82 Å². The van der Waals surface area contributed by atoms with Crippen molar-refractivity contribution in [3.8, 4) is 11.5 Å². The molecule has 2 aromatic rings. The van der Waals surface area contributed by atoms with Gasteiger partial charge in [0.25, 0.3) is 10.0 Å². The standard InChI is InChI=1S/C20H23FN2O6S/c1-14(13-27-2)22-20(24)12-23(16-5-3-15(21)4-6-16)30(25,26)17-7-8-18-19(11-17)29-10-9-28-18/h3-8,11,14H,9-10,12-13H2,1-2H3,(H,22,24)/t14-/m1/s1. The third kappa shape index (κ3) is 5.00. The Morgan fingerprint density at radius 1 is 1.17 bits per heavy atom. The van der Waals surface area contributed by atoms with Gasteiger partial charge in [-0.15, -0.1) is 0 Å². The Kier molecular flexibility index (Phi) is 6.78. The molecule has 0 unspecified atom stereocenters. The van der Waals surface area contributed by atoms with Crippen LogP contribution < -0.4 is 19.1 Å². The molecule has 30 heavy (non-hydrogen) atoms. The normalized spacial score (nSPS) is 14.1. The molecule has 1 N–H and O–H groups in total. The molecule has 0 aliphatic carbocycles. The molecule has 1 aliphatic heterocycles. The monoisotopic (exact) mass is 438 g/mol. The first-order valence-electron chi connectivity index (χ1n) is 9.27. The summed E-state index contributed by atoms with van der Waals surface area (Å²) in [5.41, 5.74) is 0.154. The lowest BCUT2D eigenvalue weighted by molar-refractivity contribution is -0.120. The summed E-state index contributed by atoms with van der Waals surface area (Å²) in [6.07, 6.45) is 0. The Bertz CT molecular complexity index is 997. The van der Waals surface area contributed by atoms with Crippen LogP contribution in [0.15, 0.2) is 47.4 Å². The molecule has 1 heterocycles. The molecule has 1 amide bonds. The molecule has 0 bridgehead atoms. The van der Waals surface area contributed by atoms with Gasteiger partial charge in [0, 0.05) is 19.2 Å². The van der Waals surface area contributed by atoms with E-state index in [9.17, 15) is 17.6 Å². The average molecular weight is 438 g/mol. The number of nitrogens with one attached hydrogen (secondary N) is 1. The first-order valence-corrected chi connectivity index (χ1v) is 10.7. The van der Waals surface area contributed by atoms with Gasteiger partial charge in [-0.3, -0.25) is 9.10 Å². The molecule has 1 aliphatic rings. The van der Waals surface area contributed by atoms with Crippen LogP contribution in [0.1, 0.15) is 6.92 Å². The van der Waals surface area contributed by atoms with Crippen molar-refractivity contribution in [3.05, 3.63) is 48.3 Å². The van der Waals surface area contributed by atoms with Crippen LogP contribution in [0.5, 0.6) is 11.5 Å². The molecule has 0 radical (unpaired) electrons. The number of carbonyl (C=O) groups excluding carboxylic acids is 1. The number of fused-ring (bicyclic) bond motifs is 1. The topological polar surface area (TPSA) is 94.2 Å². The van der Waals surface area contributed by atoms with Crippen LogP contribution in [0.25, 0.3) is 0 Å². The third-order valence-electron chi connectivity index (χ3n) is 4.33. The summed E-state index contributed by atoms with van der Waals surface area (Å²) in [6.45, 7) is 2.20. The molecule has 0 fully saturated rings. The summed E-state index contributed by atoms with van der Waals surface area (Å²) in [4.78, 5) is 12.4. The van der Waals surface area contributed by atoms with Crippen molar-refractivity contribution in [3.63, 3.8) is 0 Å². The molecular weight excluding hydrogens is 415 g/mol. The largest absolute Gasteiger partial charge is 0.486 e. The van der Waals surface area contributed by atoms with Crippen molar-refractivity contribution < 1.29 is 31.8 Å². The van der Waals surface area contributed by atoms with Crippen LogP contribution >= 0.6 is 0 Å². The highest BCUT2D eigenvalue weighted by Gasteiger charge is 2.29. The van der Waals surface area contributed by atoms with E-state index in [-0.39, 0.29) is 23.2 Å². The summed E-state index contributed by atoms with van der Waals surface area (Å²) in [5, 5.41) is 2.68. The number of amides is 1. The summed E-state index contributed by atoms with van der Waals surface area (Å²) < 4.78 is 57.0. The molecule has 2 aromatic carbocycles. The van der Waals surface area contributed by atoms with Crippen LogP contribution in [0.4, 0.5) is 10.1 Å². The van der Waals surface area contributed by atoms with Crippen LogP contribution in [-0.2, 0) is 19.6 Å². The molecule has 0 spiro atoms. The van der Waals surface area contributed by atoms with E-state index in [1.54, 1.807) is 6.92 Å². The average Bonchev–Trinajstić information content (AvgIpc) is 2.72. The van der Waals surface area contributed by atoms with Gasteiger partial charge in [-0.25, -0.2) is 12.8 Å². The van der Waals surface area contributed by atoms with Crippen molar-refractivity contribution in [2.24, 2.45) is 0 Å². The van der Waals surface area contributed by atoms with Crippen LogP contribution in [-0.4, -0.2) is 53.8 Å². The van der Waals surface area contributed by atoms with E-state index >= 15 is 0 Å². The Balaban J connectivity index is 1.94. The smallest absolute Gasteiger partial charge is 0.264 e. The second-order valence-electron chi connectivity index (χ2n) is 6.72. The number of methoxy groups -OCH3 is 1. The lowest BCUT2D eigenvalue weighted by atomic mass is 10.3. The summed E-state index contributed by atoms with van der Waals surface area (Å²) in [7, 11) is -2.66. The number of benzene rings is 2. The van der Waals surface area contributed by atoms with E-state index in [1.165, 1.54) is 37.4 Å². The van der Waals surface area contributed by atoms with Crippen molar-refractivity contribution in [2.45, 2.75) is 17.9 Å². The highest BCUT2D eigenvalue weighted by molar-refractivity contribution is 7.92. The Morgan fingerprint density at radius 3 is 2.50 bits per heavy atom. The summed E-state index contributed by atoms with van der Waals surface area (Å²) >= 11 is 0. The van der Waals surface area contributed by atoms with Crippen molar-refractivity contribution in [1.82, 2.24) is 5.32 Å². The van der Waals surface area contributed by atoms with Gasteiger partial charge in [-0.05, 0) is 43.3 Å². The van der Waals surface area contributed by atoms with Crippen molar-refractivity contribution in [2.75, 3.05) is 37.8 Å². The number of hydrogen-bond donors (Lipinski definition) is 1. The lowest BCUT2D eigenvalue weighted by Crippen LogP contribution is -2.44. The zero-order valence-electron chi connectivity index (χ0n) is 16.6. The van der Waals surface area contributed by atoms with Crippen molar-refractivity contribution in [1.29, 1.82) is 0 Å². The maximum Gasteiger partial charge on any atom is 0.264 e. The zero-order chi connectivity index (χ0) is 21.7. The number of hydrogen-bond acceptors (Lipinski definition) is 6. The maximum absolute atomic E-state index is 13.4. The Labute approximate surface area is 174 Å². The minimum Gasteiger partial charge on any atom is -0.486 e. The van der Waals surface area contributed by atoms with Crippen LogP contribution in [0.2, 0.25) is 0 Å². The fraction of sp³-hybridized carbons (Fsp3) is 0.350. The van der Waals surface area contributed by atoms with E-state index in [0.717, 1.165) is 16.4 Å². The first kappa shape index (κ1) is 21.8. The second-order valence-corrected chi connectivity index (χ2v) is 8.58. The Morgan fingerprint density at radius 2 is 1.83 bits per heavy atom. The number of sulfonamides is 1. The number of rotatable bonds is 8. The second kappa shape index (κ2) is 9.31. The SMILES string of the molecule is COC[C@@H](C)NC(=O)CN(c1ccc(F)cc1)S(=O)(=O)c1ccc2c(c1)OCCO2. The maximum atomic E-state index is 13.4. The summed E-state index contributed by atoms with van der Waals surface area (Å²) in [6, 6.07) is 8.80. The fourth-order valence-electron chi connectivity index (χ4n) is 2.98. The minimum absolute atomic E-state index is 0.0752.